The van der Waals surface area contributed by atoms with Crippen LogP contribution in [0.4, 0.5) is 10.1 Å². The summed E-state index contributed by atoms with van der Waals surface area (Å²) < 4.78 is 16.8. The van der Waals surface area contributed by atoms with Crippen molar-refractivity contribution < 1.29 is 4.39 Å². The van der Waals surface area contributed by atoms with Crippen molar-refractivity contribution in [1.82, 2.24) is 9.78 Å². The first-order valence-corrected chi connectivity index (χ1v) is 7.92. The number of rotatable bonds is 4. The number of halogens is 3. The van der Waals surface area contributed by atoms with Crippen molar-refractivity contribution in [3.05, 3.63) is 43.8 Å². The Morgan fingerprint density at radius 1 is 1.35 bits per heavy atom. The molecule has 1 aromatic carbocycles. The second-order valence-electron chi connectivity index (χ2n) is 4.62. The fraction of sp³-hybridized carbons (Fsp3) is 0.357. The van der Waals surface area contributed by atoms with Gasteiger partial charge >= 0.3 is 0 Å². The Balaban J connectivity index is 2.21. The summed E-state index contributed by atoms with van der Waals surface area (Å²) in [5, 5.41) is 7.78. The third kappa shape index (κ3) is 3.06. The van der Waals surface area contributed by atoms with Crippen molar-refractivity contribution in [1.29, 1.82) is 0 Å². The number of hydrogen-bond donors (Lipinski definition) is 1. The highest BCUT2D eigenvalue weighted by Crippen LogP contribution is 2.26. The zero-order valence-electron chi connectivity index (χ0n) is 11.6. The molecular formula is C14H16Br2FN3. The van der Waals surface area contributed by atoms with E-state index in [0.29, 0.717) is 11.0 Å². The maximum Gasteiger partial charge on any atom is 0.137 e. The van der Waals surface area contributed by atoms with Crippen LogP contribution in [-0.4, -0.2) is 9.78 Å². The van der Waals surface area contributed by atoms with Crippen LogP contribution in [0.2, 0.25) is 0 Å². The van der Waals surface area contributed by atoms with Gasteiger partial charge in [-0.05, 0) is 62.9 Å². The Morgan fingerprint density at radius 2 is 2.05 bits per heavy atom. The van der Waals surface area contributed by atoms with Gasteiger partial charge in [0.1, 0.15) is 5.82 Å². The number of nitrogens with one attached hydrogen (secondary N) is 1. The van der Waals surface area contributed by atoms with Crippen LogP contribution in [0.15, 0.2) is 21.1 Å². The fourth-order valence-electron chi connectivity index (χ4n) is 2.03. The molecule has 2 aromatic rings. The summed E-state index contributed by atoms with van der Waals surface area (Å²) in [6.45, 7) is 4.59. The van der Waals surface area contributed by atoms with Crippen molar-refractivity contribution >= 4 is 37.5 Å². The summed E-state index contributed by atoms with van der Waals surface area (Å²) in [5.74, 6) is -0.247. The molecule has 2 rings (SSSR count). The van der Waals surface area contributed by atoms with Gasteiger partial charge in [-0.3, -0.25) is 4.68 Å². The zero-order chi connectivity index (χ0) is 14.9. The van der Waals surface area contributed by atoms with Crippen molar-refractivity contribution in [3.63, 3.8) is 0 Å². The molecule has 0 aliphatic rings. The van der Waals surface area contributed by atoms with Crippen LogP contribution in [0.25, 0.3) is 0 Å². The first-order valence-electron chi connectivity index (χ1n) is 6.33. The molecule has 0 saturated carbocycles. The predicted molar refractivity (Wildman–Crippen MR) is 86.4 cm³/mol. The Morgan fingerprint density at radius 3 is 2.65 bits per heavy atom. The highest BCUT2D eigenvalue weighted by molar-refractivity contribution is 9.10. The summed E-state index contributed by atoms with van der Waals surface area (Å²) in [4.78, 5) is 0. The topological polar surface area (TPSA) is 29.9 Å². The molecule has 0 spiro atoms. The highest BCUT2D eigenvalue weighted by Gasteiger charge is 2.13. The molecule has 108 valence electrons. The number of aromatic nitrogens is 2. The lowest BCUT2D eigenvalue weighted by molar-refractivity contribution is 0.620. The van der Waals surface area contributed by atoms with Crippen molar-refractivity contribution in [3.8, 4) is 0 Å². The van der Waals surface area contributed by atoms with Crippen LogP contribution in [-0.2, 0) is 20.0 Å². The number of benzene rings is 1. The van der Waals surface area contributed by atoms with Crippen LogP contribution in [0.5, 0.6) is 0 Å². The minimum Gasteiger partial charge on any atom is -0.379 e. The van der Waals surface area contributed by atoms with Crippen LogP contribution >= 0.6 is 31.9 Å². The van der Waals surface area contributed by atoms with Gasteiger partial charge in [0, 0.05) is 12.7 Å². The molecule has 0 aliphatic carbocycles. The smallest absolute Gasteiger partial charge is 0.137 e. The van der Waals surface area contributed by atoms with E-state index in [1.54, 1.807) is 6.07 Å². The molecule has 0 aliphatic heterocycles. The van der Waals surface area contributed by atoms with Gasteiger partial charge in [-0.1, -0.05) is 6.92 Å². The largest absolute Gasteiger partial charge is 0.379 e. The number of hydrogen-bond acceptors (Lipinski definition) is 2. The van der Waals surface area contributed by atoms with Gasteiger partial charge in [-0.15, -0.1) is 0 Å². The van der Waals surface area contributed by atoms with Gasteiger partial charge in [-0.25, -0.2) is 4.39 Å². The molecule has 0 fully saturated rings. The molecule has 0 amide bonds. The summed E-state index contributed by atoms with van der Waals surface area (Å²) in [7, 11) is 1.92. The van der Waals surface area contributed by atoms with Gasteiger partial charge < -0.3 is 5.32 Å². The van der Waals surface area contributed by atoms with E-state index >= 15 is 0 Å². The number of anilines is 1. The van der Waals surface area contributed by atoms with Gasteiger partial charge in [0.05, 0.1) is 26.9 Å². The molecule has 0 saturated heterocycles. The molecule has 1 aromatic heterocycles. The van der Waals surface area contributed by atoms with E-state index in [4.69, 9.17) is 0 Å². The number of nitrogens with zero attached hydrogens (tertiary/aromatic N) is 2. The van der Waals surface area contributed by atoms with Crippen molar-refractivity contribution in [2.75, 3.05) is 5.32 Å². The van der Waals surface area contributed by atoms with Gasteiger partial charge in [0.2, 0.25) is 0 Å². The molecule has 3 nitrogen and oxygen atoms in total. The average Bonchev–Trinajstić information content (AvgIpc) is 2.67. The lowest BCUT2D eigenvalue weighted by Crippen LogP contribution is -2.07. The Kier molecular flexibility index (Phi) is 4.86. The van der Waals surface area contributed by atoms with Crippen molar-refractivity contribution in [2.24, 2.45) is 7.05 Å². The van der Waals surface area contributed by atoms with E-state index in [9.17, 15) is 4.39 Å². The lowest BCUT2D eigenvalue weighted by atomic mass is 10.2. The van der Waals surface area contributed by atoms with Crippen LogP contribution < -0.4 is 5.32 Å². The van der Waals surface area contributed by atoms with E-state index in [-0.39, 0.29) is 5.82 Å². The van der Waals surface area contributed by atoms with Crippen LogP contribution in [0, 0.1) is 12.7 Å². The van der Waals surface area contributed by atoms with Crippen LogP contribution in [0.3, 0.4) is 0 Å². The Labute approximate surface area is 134 Å². The molecule has 0 radical (unpaired) electrons. The third-order valence-electron chi connectivity index (χ3n) is 3.22. The Bertz CT molecular complexity index is 638. The third-order valence-corrected chi connectivity index (χ3v) is 4.74. The first-order chi connectivity index (χ1) is 9.43. The number of aryl methyl sites for hydroxylation is 3. The molecule has 0 bridgehead atoms. The molecule has 0 atom stereocenters. The maximum atomic E-state index is 13.4. The van der Waals surface area contributed by atoms with Gasteiger partial charge in [0.15, 0.2) is 0 Å². The second kappa shape index (κ2) is 6.26. The first kappa shape index (κ1) is 15.5. The minimum absolute atomic E-state index is 0.247. The van der Waals surface area contributed by atoms with Gasteiger partial charge in [-0.2, -0.15) is 5.10 Å². The predicted octanol–water partition coefficient (Wildman–Crippen LogP) is 4.57. The molecule has 1 N–H and O–H groups in total. The molecule has 20 heavy (non-hydrogen) atoms. The quantitative estimate of drug-likeness (QED) is 0.808. The zero-order valence-corrected chi connectivity index (χ0v) is 14.8. The normalized spacial score (nSPS) is 10.9. The monoisotopic (exact) mass is 403 g/mol. The van der Waals surface area contributed by atoms with E-state index in [1.165, 1.54) is 6.07 Å². The van der Waals surface area contributed by atoms with Crippen LogP contribution in [0.1, 0.15) is 23.9 Å². The maximum absolute atomic E-state index is 13.4. The Hall–Kier alpha value is -0.880. The van der Waals surface area contributed by atoms with E-state index in [0.717, 1.165) is 33.5 Å². The fourth-order valence-corrected chi connectivity index (χ4v) is 3.13. The standard InChI is InChI=1S/C14H16Br2FN3/c1-4-11-14(16)13(20(3)19-11)7-18-12-6-9(15)10(17)5-8(12)2/h5-6,18H,4,7H2,1-3H3. The van der Waals surface area contributed by atoms with Crippen molar-refractivity contribution in [2.45, 2.75) is 26.8 Å². The summed E-state index contributed by atoms with van der Waals surface area (Å²) in [6.07, 6.45) is 0.884. The molecular weight excluding hydrogens is 389 g/mol. The minimum atomic E-state index is -0.247. The summed E-state index contributed by atoms with van der Waals surface area (Å²) in [5.41, 5.74) is 3.90. The summed E-state index contributed by atoms with van der Waals surface area (Å²) in [6, 6.07) is 3.28. The second-order valence-corrected chi connectivity index (χ2v) is 6.27. The molecule has 6 heteroatoms. The van der Waals surface area contributed by atoms with E-state index < -0.39 is 0 Å². The molecule has 1 heterocycles. The van der Waals surface area contributed by atoms with E-state index in [2.05, 4.69) is 49.2 Å². The highest BCUT2D eigenvalue weighted by atomic mass is 79.9. The van der Waals surface area contributed by atoms with E-state index in [1.807, 2.05) is 18.7 Å². The SMILES string of the molecule is CCc1nn(C)c(CNc2cc(Br)c(F)cc2C)c1Br. The molecule has 0 unspecified atom stereocenters. The van der Waals surface area contributed by atoms with Gasteiger partial charge in [0.25, 0.3) is 0 Å². The average molecular weight is 405 g/mol. The lowest BCUT2D eigenvalue weighted by Gasteiger charge is -2.11. The summed E-state index contributed by atoms with van der Waals surface area (Å²) >= 11 is 6.80.